The highest BCUT2D eigenvalue weighted by Gasteiger charge is 2.32. The largest absolute Gasteiger partial charge is 0.526 e. The Hall–Kier alpha value is -4.41. The predicted molar refractivity (Wildman–Crippen MR) is 146 cm³/mol. The molecule has 0 saturated heterocycles. The fourth-order valence-corrected chi connectivity index (χ4v) is 4.81. The molecule has 2 aliphatic heterocycles. The number of hydrogen-bond donors (Lipinski definition) is 0. The van der Waals surface area contributed by atoms with Crippen LogP contribution in [0.3, 0.4) is 0 Å². The average Bonchev–Trinajstić information content (AvgIpc) is 2.92. The van der Waals surface area contributed by atoms with Gasteiger partial charge in [0.25, 0.3) is 0 Å². The molecule has 0 saturated carbocycles. The van der Waals surface area contributed by atoms with Gasteiger partial charge in [-0.2, -0.15) is 0 Å². The van der Waals surface area contributed by atoms with Crippen molar-refractivity contribution in [3.63, 3.8) is 0 Å². The molecule has 2 aromatic heterocycles. The Balaban J connectivity index is 1.47. The maximum Gasteiger partial charge on any atom is 0.526 e. The van der Waals surface area contributed by atoms with Crippen LogP contribution in [0.25, 0.3) is 11.4 Å². The quantitative estimate of drug-likeness (QED) is 0.355. The first-order chi connectivity index (χ1) is 19.1. The zero-order valence-corrected chi connectivity index (χ0v) is 23.6. The van der Waals surface area contributed by atoms with Crippen LogP contribution < -0.4 is 9.47 Å². The van der Waals surface area contributed by atoms with Crippen molar-refractivity contribution in [1.82, 2.24) is 19.8 Å². The van der Waals surface area contributed by atoms with Gasteiger partial charge in [0, 0.05) is 47.7 Å². The molecule has 0 bridgehead atoms. The van der Waals surface area contributed by atoms with Crippen molar-refractivity contribution in [3.8, 4) is 11.8 Å². The van der Waals surface area contributed by atoms with Gasteiger partial charge in [-0.1, -0.05) is 26.0 Å². The maximum atomic E-state index is 13.1. The molecule has 0 radical (unpaired) electrons. The van der Waals surface area contributed by atoms with Crippen LogP contribution in [0.5, 0.6) is 11.8 Å². The summed E-state index contributed by atoms with van der Waals surface area (Å²) in [4.78, 5) is 50.1. The van der Waals surface area contributed by atoms with Gasteiger partial charge in [-0.15, -0.1) is 0 Å². The molecule has 2 aromatic rings. The second-order valence-corrected chi connectivity index (χ2v) is 10.2. The van der Waals surface area contributed by atoms with Gasteiger partial charge in [-0.25, -0.2) is 24.4 Å². The molecule has 0 N–H and O–H groups in total. The van der Waals surface area contributed by atoms with Crippen LogP contribution in [0.1, 0.15) is 48.9 Å². The van der Waals surface area contributed by atoms with Gasteiger partial charge < -0.3 is 18.9 Å². The summed E-state index contributed by atoms with van der Waals surface area (Å²) in [5.74, 6) is 1.22. The highest BCUT2D eigenvalue weighted by molar-refractivity contribution is 5.93. The molecule has 4 heterocycles. The van der Waals surface area contributed by atoms with Crippen molar-refractivity contribution in [2.45, 2.75) is 40.5 Å². The van der Waals surface area contributed by atoms with Crippen molar-refractivity contribution in [1.29, 1.82) is 0 Å². The number of nitrogens with zero attached hydrogens (tertiary/aromatic N) is 4. The van der Waals surface area contributed by atoms with E-state index in [1.165, 1.54) is 24.0 Å². The number of methoxy groups -OCH3 is 2. The summed E-state index contributed by atoms with van der Waals surface area (Å²) in [7, 11) is 3.07. The van der Waals surface area contributed by atoms with E-state index in [1.807, 2.05) is 52.0 Å². The average molecular weight is 551 g/mol. The van der Waals surface area contributed by atoms with E-state index >= 15 is 0 Å². The number of allylic oxidation sites excluding steroid dienone is 2. The summed E-state index contributed by atoms with van der Waals surface area (Å²) in [5.41, 5.74) is 4.04. The second kappa shape index (κ2) is 12.2. The molecule has 0 aliphatic carbocycles. The number of carbonyl (C=O) groups excluding carboxylic acids is 3. The lowest BCUT2D eigenvalue weighted by Crippen LogP contribution is -2.40. The minimum absolute atomic E-state index is 0.130. The van der Waals surface area contributed by atoms with Crippen molar-refractivity contribution in [2.75, 3.05) is 27.3 Å². The Morgan fingerprint density at radius 3 is 1.50 bits per heavy atom. The van der Waals surface area contributed by atoms with Crippen LogP contribution >= 0.6 is 0 Å². The fourth-order valence-electron chi connectivity index (χ4n) is 4.81. The van der Waals surface area contributed by atoms with E-state index in [9.17, 15) is 14.4 Å². The molecule has 11 nitrogen and oxygen atoms in total. The summed E-state index contributed by atoms with van der Waals surface area (Å²) in [5, 5.41) is 0. The first-order valence-electron chi connectivity index (χ1n) is 13.1. The van der Waals surface area contributed by atoms with Gasteiger partial charge >= 0.3 is 18.3 Å². The molecule has 40 heavy (non-hydrogen) atoms. The minimum atomic E-state index is -1.40. The topological polar surface area (TPSA) is 120 Å². The lowest BCUT2D eigenvalue weighted by Gasteiger charge is -2.32. The van der Waals surface area contributed by atoms with Gasteiger partial charge in [0.2, 0.25) is 11.8 Å². The summed E-state index contributed by atoms with van der Waals surface area (Å²) < 4.78 is 20.4. The predicted octanol–water partition coefficient (Wildman–Crippen LogP) is 5.57. The van der Waals surface area contributed by atoms with Crippen LogP contribution in [-0.4, -0.2) is 65.4 Å². The van der Waals surface area contributed by atoms with Crippen molar-refractivity contribution < 1.29 is 33.3 Å². The number of aromatic nitrogens is 2. The number of rotatable bonds is 4. The molecule has 0 aromatic carbocycles. The third-order valence-corrected chi connectivity index (χ3v) is 6.82. The standard InChI is InChI=1S/C29H34N4O7/c1-17-7-9-23(21-11-19(3)25(37-5)30-13-21)32(15-17)27(34)39-29(36)40-28(35)33-16-18(2)8-10-24(33)22-12-20(4)26(38-6)31-14-22/h9-14,17-18H,7-8,15-16H2,1-6H3/t17-,18-/m0/s1. The lowest BCUT2D eigenvalue weighted by atomic mass is 9.99. The molecule has 11 heteroatoms. The molecule has 0 spiro atoms. The zero-order chi connectivity index (χ0) is 29.0. The van der Waals surface area contributed by atoms with Gasteiger partial charge in [0.15, 0.2) is 0 Å². The number of carbonyl (C=O) groups is 3. The normalized spacial score (nSPS) is 18.9. The number of pyridine rings is 2. The van der Waals surface area contributed by atoms with Crippen LogP contribution in [-0.2, 0) is 9.47 Å². The molecule has 212 valence electrons. The summed E-state index contributed by atoms with van der Waals surface area (Å²) in [6.07, 6.45) is 5.15. The van der Waals surface area contributed by atoms with Crippen molar-refractivity contribution >= 4 is 29.7 Å². The molecule has 0 unspecified atom stereocenters. The third-order valence-electron chi connectivity index (χ3n) is 6.82. The van der Waals surface area contributed by atoms with E-state index in [1.54, 1.807) is 12.4 Å². The maximum absolute atomic E-state index is 13.1. The van der Waals surface area contributed by atoms with Crippen molar-refractivity contribution in [2.24, 2.45) is 11.8 Å². The lowest BCUT2D eigenvalue weighted by molar-refractivity contribution is 0.0718. The van der Waals surface area contributed by atoms with E-state index in [-0.39, 0.29) is 11.8 Å². The second-order valence-electron chi connectivity index (χ2n) is 10.2. The molecule has 2 aliphatic rings. The first kappa shape index (κ1) is 28.6. The first-order valence-corrected chi connectivity index (χ1v) is 13.1. The van der Waals surface area contributed by atoms with E-state index in [0.717, 1.165) is 24.0 Å². The van der Waals surface area contributed by atoms with E-state index in [2.05, 4.69) is 9.97 Å². The van der Waals surface area contributed by atoms with Crippen LogP contribution in [0.15, 0.2) is 36.7 Å². The van der Waals surface area contributed by atoms with Gasteiger partial charge in [0.05, 0.1) is 25.6 Å². The van der Waals surface area contributed by atoms with Crippen molar-refractivity contribution in [3.05, 3.63) is 58.9 Å². The summed E-state index contributed by atoms with van der Waals surface area (Å²) in [6.45, 7) is 8.29. The Morgan fingerprint density at radius 2 is 1.15 bits per heavy atom. The zero-order valence-electron chi connectivity index (χ0n) is 23.6. The SMILES string of the molecule is COc1ncc(C2=CC[C@H](C)CN2C(=O)OC(=O)OC(=O)N2C[C@@H](C)CC=C2c2cnc(OC)c(C)c2)cc1C. The highest BCUT2D eigenvalue weighted by Crippen LogP contribution is 2.31. The Labute approximate surface area is 233 Å². The smallest absolute Gasteiger partial charge is 0.481 e. The molecule has 4 rings (SSSR count). The Morgan fingerprint density at radius 1 is 0.750 bits per heavy atom. The number of amides is 2. The van der Waals surface area contributed by atoms with Crippen LogP contribution in [0, 0.1) is 25.7 Å². The van der Waals surface area contributed by atoms with Gasteiger partial charge in [-0.3, -0.25) is 9.80 Å². The van der Waals surface area contributed by atoms with Gasteiger partial charge in [0.1, 0.15) is 0 Å². The van der Waals surface area contributed by atoms with E-state index in [0.29, 0.717) is 47.4 Å². The summed E-state index contributed by atoms with van der Waals surface area (Å²) in [6, 6.07) is 3.69. The Bertz CT molecular complexity index is 1270. The molecule has 2 amide bonds. The van der Waals surface area contributed by atoms with Crippen LogP contribution in [0.2, 0.25) is 0 Å². The minimum Gasteiger partial charge on any atom is -0.481 e. The fraction of sp³-hybridized carbons (Fsp3) is 0.414. The third kappa shape index (κ3) is 6.24. The van der Waals surface area contributed by atoms with Gasteiger partial charge in [-0.05, 0) is 50.7 Å². The Kier molecular flexibility index (Phi) is 8.71. The molecular formula is C29H34N4O7. The van der Waals surface area contributed by atoms with Crippen LogP contribution in [0.4, 0.5) is 14.4 Å². The number of ether oxygens (including phenoxy) is 4. The highest BCUT2D eigenvalue weighted by atomic mass is 16.8. The number of hydrogen-bond acceptors (Lipinski definition) is 9. The van der Waals surface area contributed by atoms with E-state index in [4.69, 9.17) is 18.9 Å². The molecule has 2 atom stereocenters. The molecule has 0 fully saturated rings. The summed E-state index contributed by atoms with van der Waals surface area (Å²) >= 11 is 0. The number of aryl methyl sites for hydroxylation is 2. The monoisotopic (exact) mass is 550 g/mol. The molecular weight excluding hydrogens is 516 g/mol. The van der Waals surface area contributed by atoms with E-state index < -0.39 is 18.3 Å².